The molecule has 0 radical (unpaired) electrons. The second-order valence-electron chi connectivity index (χ2n) is 7.35. The molecule has 152 valence electrons. The highest BCUT2D eigenvalue weighted by Crippen LogP contribution is 2.25. The number of fused-ring (bicyclic) bond motifs is 2. The lowest BCUT2D eigenvalue weighted by molar-refractivity contribution is 0.163. The SMILES string of the molecule is C[C@@H](O)[C@@H](N)c1nn2c(Cc3ccc4ncc(-c5cnn(C)c5)cc4c3)nnc2s1. The number of hydrogen-bond donors (Lipinski definition) is 2. The summed E-state index contributed by atoms with van der Waals surface area (Å²) in [5.74, 6) is 0.723. The molecule has 0 aliphatic heterocycles. The number of aromatic nitrogens is 7. The second kappa shape index (κ2) is 7.24. The molecule has 0 saturated heterocycles. The summed E-state index contributed by atoms with van der Waals surface area (Å²) in [6.45, 7) is 1.65. The van der Waals surface area contributed by atoms with Gasteiger partial charge in [0.25, 0.3) is 0 Å². The van der Waals surface area contributed by atoms with Crippen molar-refractivity contribution in [1.82, 2.24) is 34.6 Å². The Morgan fingerprint density at radius 3 is 2.80 bits per heavy atom. The highest BCUT2D eigenvalue weighted by Gasteiger charge is 2.20. The monoisotopic (exact) mass is 420 g/mol. The molecule has 0 amide bonds. The van der Waals surface area contributed by atoms with Gasteiger partial charge in [-0.1, -0.05) is 17.4 Å². The Hall–Kier alpha value is -3.21. The highest BCUT2D eigenvalue weighted by molar-refractivity contribution is 7.16. The number of benzene rings is 1. The summed E-state index contributed by atoms with van der Waals surface area (Å²) >= 11 is 1.34. The van der Waals surface area contributed by atoms with Crippen molar-refractivity contribution in [2.75, 3.05) is 0 Å². The minimum atomic E-state index is -0.681. The quantitative estimate of drug-likeness (QED) is 0.447. The van der Waals surface area contributed by atoms with E-state index in [0.29, 0.717) is 16.4 Å². The van der Waals surface area contributed by atoms with E-state index in [2.05, 4.69) is 37.5 Å². The van der Waals surface area contributed by atoms with E-state index >= 15 is 0 Å². The first-order chi connectivity index (χ1) is 14.5. The Bertz CT molecular complexity index is 1350. The Balaban J connectivity index is 1.47. The van der Waals surface area contributed by atoms with Crippen LogP contribution in [0, 0.1) is 0 Å². The van der Waals surface area contributed by atoms with Crippen LogP contribution >= 0.6 is 11.3 Å². The van der Waals surface area contributed by atoms with Gasteiger partial charge in [-0.25, -0.2) is 0 Å². The van der Waals surface area contributed by atoms with Gasteiger partial charge in [-0.15, -0.1) is 10.2 Å². The van der Waals surface area contributed by atoms with Crippen molar-refractivity contribution in [2.24, 2.45) is 12.8 Å². The van der Waals surface area contributed by atoms with E-state index in [1.165, 1.54) is 11.3 Å². The topological polar surface area (TPSA) is 120 Å². The first-order valence-corrected chi connectivity index (χ1v) is 10.3. The molecule has 0 saturated carbocycles. The van der Waals surface area contributed by atoms with Crippen LogP contribution < -0.4 is 5.73 Å². The molecule has 5 rings (SSSR count). The van der Waals surface area contributed by atoms with E-state index in [4.69, 9.17) is 5.73 Å². The molecule has 4 aromatic heterocycles. The maximum atomic E-state index is 9.73. The molecule has 0 aliphatic rings. The van der Waals surface area contributed by atoms with E-state index in [1.807, 2.05) is 37.8 Å². The number of pyridine rings is 1. The summed E-state index contributed by atoms with van der Waals surface area (Å²) in [4.78, 5) is 5.24. The van der Waals surface area contributed by atoms with Gasteiger partial charge in [-0.05, 0) is 30.7 Å². The zero-order valence-corrected chi connectivity index (χ0v) is 17.3. The molecule has 0 bridgehead atoms. The van der Waals surface area contributed by atoms with Gasteiger partial charge < -0.3 is 10.8 Å². The molecular weight excluding hydrogens is 400 g/mol. The molecule has 9 nitrogen and oxygen atoms in total. The predicted octanol–water partition coefficient (Wildman–Crippen LogP) is 2.11. The summed E-state index contributed by atoms with van der Waals surface area (Å²) in [6, 6.07) is 7.73. The predicted molar refractivity (Wildman–Crippen MR) is 114 cm³/mol. The molecule has 10 heteroatoms. The molecule has 2 atom stereocenters. The summed E-state index contributed by atoms with van der Waals surface area (Å²) in [6.07, 6.45) is 5.55. The lowest BCUT2D eigenvalue weighted by atomic mass is 10.0. The summed E-state index contributed by atoms with van der Waals surface area (Å²) in [5.41, 5.74) is 10.1. The van der Waals surface area contributed by atoms with Gasteiger partial charge in [-0.3, -0.25) is 9.67 Å². The molecule has 0 aliphatic carbocycles. The van der Waals surface area contributed by atoms with Crippen molar-refractivity contribution in [3.8, 4) is 11.1 Å². The van der Waals surface area contributed by atoms with Gasteiger partial charge in [0.2, 0.25) is 4.96 Å². The number of nitrogens with zero attached hydrogens (tertiary/aromatic N) is 7. The number of aliphatic hydroxyl groups excluding tert-OH is 1. The Morgan fingerprint density at radius 2 is 2.03 bits per heavy atom. The van der Waals surface area contributed by atoms with Crippen molar-refractivity contribution in [3.63, 3.8) is 0 Å². The minimum Gasteiger partial charge on any atom is -0.391 e. The van der Waals surface area contributed by atoms with Crippen molar-refractivity contribution < 1.29 is 5.11 Å². The van der Waals surface area contributed by atoms with Gasteiger partial charge >= 0.3 is 0 Å². The Kier molecular flexibility index (Phi) is 4.54. The van der Waals surface area contributed by atoms with Gasteiger partial charge in [0.15, 0.2) is 5.82 Å². The molecule has 0 unspecified atom stereocenters. The van der Waals surface area contributed by atoms with Crippen LogP contribution in [-0.4, -0.2) is 45.8 Å². The van der Waals surface area contributed by atoms with Crippen LogP contribution in [0.5, 0.6) is 0 Å². The molecule has 5 aromatic rings. The van der Waals surface area contributed by atoms with Crippen LogP contribution in [0.15, 0.2) is 42.9 Å². The van der Waals surface area contributed by atoms with E-state index in [1.54, 1.807) is 16.1 Å². The van der Waals surface area contributed by atoms with Crippen molar-refractivity contribution >= 4 is 27.2 Å². The summed E-state index contributed by atoms with van der Waals surface area (Å²) in [7, 11) is 1.90. The van der Waals surface area contributed by atoms with Crippen LogP contribution in [0.4, 0.5) is 0 Å². The standard InChI is InChI=1S/C20H20N8OS/c1-11(29)18(21)19-26-28-17(24-25-20(28)30-19)6-12-3-4-16-13(5-12)7-14(8-22-16)15-9-23-27(2)10-15/h3-5,7-11,18,29H,6,21H2,1-2H3/t11-,18-/m1/s1. The maximum absolute atomic E-state index is 9.73. The van der Waals surface area contributed by atoms with E-state index in [9.17, 15) is 5.11 Å². The van der Waals surface area contributed by atoms with E-state index in [-0.39, 0.29) is 0 Å². The van der Waals surface area contributed by atoms with Crippen molar-refractivity contribution in [2.45, 2.75) is 25.5 Å². The van der Waals surface area contributed by atoms with Crippen LogP contribution in [-0.2, 0) is 13.5 Å². The summed E-state index contributed by atoms with van der Waals surface area (Å²) < 4.78 is 3.48. The third-order valence-electron chi connectivity index (χ3n) is 5.02. The minimum absolute atomic E-state index is 0.540. The Morgan fingerprint density at radius 1 is 1.17 bits per heavy atom. The fourth-order valence-corrected chi connectivity index (χ4v) is 4.28. The largest absolute Gasteiger partial charge is 0.391 e. The van der Waals surface area contributed by atoms with Gasteiger partial charge in [-0.2, -0.15) is 14.7 Å². The number of rotatable bonds is 5. The van der Waals surface area contributed by atoms with Gasteiger partial charge in [0, 0.05) is 42.4 Å². The average Bonchev–Trinajstić information content (AvgIpc) is 3.44. The third-order valence-corrected chi connectivity index (χ3v) is 6.02. The summed E-state index contributed by atoms with van der Waals surface area (Å²) in [5, 5.41) is 28.6. The van der Waals surface area contributed by atoms with Crippen LogP contribution in [0.25, 0.3) is 27.0 Å². The fourth-order valence-electron chi connectivity index (χ4n) is 3.33. The zero-order valence-electron chi connectivity index (χ0n) is 16.5. The molecule has 30 heavy (non-hydrogen) atoms. The smallest absolute Gasteiger partial charge is 0.234 e. The molecule has 3 N–H and O–H groups in total. The van der Waals surface area contributed by atoms with E-state index in [0.717, 1.165) is 33.4 Å². The second-order valence-corrected chi connectivity index (χ2v) is 8.34. The Labute approximate surface area is 175 Å². The van der Waals surface area contributed by atoms with Crippen LogP contribution in [0.1, 0.15) is 29.4 Å². The number of aliphatic hydroxyl groups is 1. The number of hydrogen-bond acceptors (Lipinski definition) is 8. The lowest BCUT2D eigenvalue weighted by Crippen LogP contribution is -2.23. The molecule has 0 fully saturated rings. The molecule has 4 heterocycles. The highest BCUT2D eigenvalue weighted by atomic mass is 32.1. The molecule has 1 aromatic carbocycles. The first kappa shape index (κ1) is 18.8. The number of aryl methyl sites for hydroxylation is 1. The zero-order chi connectivity index (χ0) is 20.8. The third kappa shape index (κ3) is 3.34. The fraction of sp³-hybridized carbons (Fsp3) is 0.250. The van der Waals surface area contributed by atoms with Crippen LogP contribution in [0.3, 0.4) is 0 Å². The normalized spacial score (nSPS) is 13.9. The van der Waals surface area contributed by atoms with E-state index < -0.39 is 12.1 Å². The average molecular weight is 421 g/mol. The maximum Gasteiger partial charge on any atom is 0.234 e. The molecular formula is C20H20N8OS. The van der Waals surface area contributed by atoms with Gasteiger partial charge in [0.1, 0.15) is 5.01 Å². The number of nitrogens with two attached hydrogens (primary N) is 1. The van der Waals surface area contributed by atoms with Crippen molar-refractivity contribution in [3.05, 3.63) is 59.3 Å². The molecule has 0 spiro atoms. The lowest BCUT2D eigenvalue weighted by Gasteiger charge is -2.09. The van der Waals surface area contributed by atoms with Crippen molar-refractivity contribution in [1.29, 1.82) is 0 Å². The first-order valence-electron chi connectivity index (χ1n) is 9.50. The van der Waals surface area contributed by atoms with Gasteiger partial charge in [0.05, 0.1) is 23.9 Å². The van der Waals surface area contributed by atoms with Crippen LogP contribution in [0.2, 0.25) is 0 Å².